The summed E-state index contributed by atoms with van der Waals surface area (Å²) in [4.78, 5) is 16.6. The first-order chi connectivity index (χ1) is 14.5. The molecular formula is C22H22N6OS. The summed E-state index contributed by atoms with van der Waals surface area (Å²) in [5.74, 6) is 0.902. The molecule has 1 amide bonds. The Bertz CT molecular complexity index is 1090. The van der Waals surface area contributed by atoms with Gasteiger partial charge in [-0.2, -0.15) is 5.26 Å². The van der Waals surface area contributed by atoms with Gasteiger partial charge in [0, 0.05) is 23.6 Å². The first-order valence-corrected chi connectivity index (χ1v) is 10.8. The second kappa shape index (κ2) is 8.28. The second-order valence-corrected chi connectivity index (χ2v) is 8.58. The van der Waals surface area contributed by atoms with Gasteiger partial charge in [0.2, 0.25) is 5.91 Å². The van der Waals surface area contributed by atoms with Crippen molar-refractivity contribution in [3.8, 4) is 23.1 Å². The molecule has 7 nitrogen and oxygen atoms in total. The van der Waals surface area contributed by atoms with Gasteiger partial charge in [-0.1, -0.05) is 29.5 Å². The highest BCUT2D eigenvalue weighted by Gasteiger charge is 2.43. The molecule has 3 aromatic rings. The van der Waals surface area contributed by atoms with Crippen LogP contribution in [0.5, 0.6) is 0 Å². The predicted molar refractivity (Wildman–Crippen MR) is 115 cm³/mol. The molecule has 0 saturated heterocycles. The molecule has 4 rings (SSSR count). The molecular weight excluding hydrogens is 396 g/mol. The SMILES string of the molecule is Cc1ccc(-n2c(SCC(=O)NC(C)(C#N)C3CC3)nnc2-c2ccncc2)cc1. The normalized spacial score (nSPS) is 15.2. The van der Waals surface area contributed by atoms with Crippen LogP contribution < -0.4 is 5.32 Å². The lowest BCUT2D eigenvalue weighted by molar-refractivity contribution is -0.119. The molecule has 0 bridgehead atoms. The molecule has 1 unspecified atom stereocenters. The van der Waals surface area contributed by atoms with Crippen molar-refractivity contribution in [1.29, 1.82) is 5.26 Å². The maximum Gasteiger partial charge on any atom is 0.231 e. The Hall–Kier alpha value is -3.18. The molecule has 0 spiro atoms. The smallest absolute Gasteiger partial charge is 0.231 e. The van der Waals surface area contributed by atoms with E-state index in [9.17, 15) is 10.1 Å². The number of pyridine rings is 1. The molecule has 1 saturated carbocycles. The van der Waals surface area contributed by atoms with Crippen LogP contribution in [0.25, 0.3) is 17.1 Å². The van der Waals surface area contributed by atoms with E-state index in [1.54, 1.807) is 19.3 Å². The van der Waals surface area contributed by atoms with Gasteiger partial charge in [-0.15, -0.1) is 10.2 Å². The fourth-order valence-electron chi connectivity index (χ4n) is 3.32. The number of nitrogens with zero attached hydrogens (tertiary/aromatic N) is 5. The minimum Gasteiger partial charge on any atom is -0.337 e. The van der Waals surface area contributed by atoms with Crippen LogP contribution >= 0.6 is 11.8 Å². The average molecular weight is 419 g/mol. The number of hydrogen-bond acceptors (Lipinski definition) is 6. The Morgan fingerprint density at radius 1 is 1.23 bits per heavy atom. The number of hydrogen-bond donors (Lipinski definition) is 1. The lowest BCUT2D eigenvalue weighted by atomic mass is 9.98. The summed E-state index contributed by atoms with van der Waals surface area (Å²) in [6.07, 6.45) is 5.39. The molecule has 152 valence electrons. The predicted octanol–water partition coefficient (Wildman–Crippen LogP) is 3.54. The summed E-state index contributed by atoms with van der Waals surface area (Å²) in [5.41, 5.74) is 2.16. The lowest BCUT2D eigenvalue weighted by Gasteiger charge is -2.22. The number of aromatic nitrogens is 4. The van der Waals surface area contributed by atoms with Crippen LogP contribution in [0.2, 0.25) is 0 Å². The van der Waals surface area contributed by atoms with E-state index in [2.05, 4.69) is 26.6 Å². The molecule has 2 aromatic heterocycles. The van der Waals surface area contributed by atoms with E-state index < -0.39 is 5.54 Å². The van der Waals surface area contributed by atoms with Crippen molar-refractivity contribution in [2.75, 3.05) is 5.75 Å². The monoisotopic (exact) mass is 418 g/mol. The molecule has 30 heavy (non-hydrogen) atoms. The van der Waals surface area contributed by atoms with Crippen LogP contribution in [0.15, 0.2) is 53.9 Å². The van der Waals surface area contributed by atoms with Gasteiger partial charge in [-0.3, -0.25) is 14.3 Å². The molecule has 0 aliphatic heterocycles. The topological polar surface area (TPSA) is 96.5 Å². The molecule has 1 aliphatic rings. The zero-order valence-electron chi connectivity index (χ0n) is 16.9. The van der Waals surface area contributed by atoms with Crippen molar-refractivity contribution in [1.82, 2.24) is 25.1 Å². The van der Waals surface area contributed by atoms with Gasteiger partial charge in [-0.25, -0.2) is 0 Å². The van der Waals surface area contributed by atoms with E-state index in [4.69, 9.17) is 0 Å². The first kappa shape index (κ1) is 20.1. The van der Waals surface area contributed by atoms with Gasteiger partial charge >= 0.3 is 0 Å². The number of benzene rings is 1. The Labute approximate surface area is 179 Å². The van der Waals surface area contributed by atoms with Crippen molar-refractivity contribution < 1.29 is 4.79 Å². The first-order valence-electron chi connectivity index (χ1n) is 9.78. The third-order valence-electron chi connectivity index (χ3n) is 5.22. The molecule has 0 radical (unpaired) electrons. The Morgan fingerprint density at radius 2 is 1.93 bits per heavy atom. The number of nitrogens with one attached hydrogen (secondary N) is 1. The summed E-state index contributed by atoms with van der Waals surface area (Å²) in [6, 6.07) is 14.1. The van der Waals surface area contributed by atoms with Crippen LogP contribution in [0.4, 0.5) is 0 Å². The summed E-state index contributed by atoms with van der Waals surface area (Å²) in [6.45, 7) is 3.83. The van der Waals surface area contributed by atoms with E-state index >= 15 is 0 Å². The molecule has 1 atom stereocenters. The summed E-state index contributed by atoms with van der Waals surface area (Å²) < 4.78 is 1.94. The van der Waals surface area contributed by atoms with Gasteiger partial charge in [0.1, 0.15) is 5.54 Å². The number of aryl methyl sites for hydroxylation is 1. The van der Waals surface area contributed by atoms with E-state index in [1.807, 2.05) is 47.9 Å². The average Bonchev–Trinajstić information content (AvgIpc) is 3.54. The third-order valence-corrected chi connectivity index (χ3v) is 6.15. The number of carbonyl (C=O) groups is 1. The van der Waals surface area contributed by atoms with E-state index in [0.717, 1.165) is 29.7 Å². The van der Waals surface area contributed by atoms with E-state index in [-0.39, 0.29) is 17.6 Å². The van der Waals surface area contributed by atoms with Crippen LogP contribution in [0.1, 0.15) is 25.3 Å². The lowest BCUT2D eigenvalue weighted by Crippen LogP contribution is -2.47. The number of thioether (sulfide) groups is 1. The minimum absolute atomic E-state index is 0.157. The number of rotatable bonds is 7. The van der Waals surface area contributed by atoms with Crippen molar-refractivity contribution in [2.45, 2.75) is 37.4 Å². The highest BCUT2D eigenvalue weighted by molar-refractivity contribution is 7.99. The highest BCUT2D eigenvalue weighted by atomic mass is 32.2. The number of amides is 1. The van der Waals surface area contributed by atoms with Gasteiger partial charge < -0.3 is 5.32 Å². The van der Waals surface area contributed by atoms with Gasteiger partial charge in [0.15, 0.2) is 11.0 Å². The second-order valence-electron chi connectivity index (χ2n) is 7.64. The molecule has 2 heterocycles. The van der Waals surface area contributed by atoms with Gasteiger partial charge in [-0.05, 0) is 56.9 Å². The van der Waals surface area contributed by atoms with Crippen molar-refractivity contribution >= 4 is 17.7 Å². The van der Waals surface area contributed by atoms with Crippen molar-refractivity contribution in [3.05, 3.63) is 54.4 Å². The molecule has 1 N–H and O–H groups in total. The molecule has 8 heteroatoms. The van der Waals surface area contributed by atoms with Crippen molar-refractivity contribution in [2.24, 2.45) is 5.92 Å². The summed E-state index contributed by atoms with van der Waals surface area (Å²) >= 11 is 1.31. The van der Waals surface area contributed by atoms with E-state index in [0.29, 0.717) is 11.0 Å². The number of carbonyl (C=O) groups excluding carboxylic acids is 1. The zero-order valence-corrected chi connectivity index (χ0v) is 17.7. The van der Waals surface area contributed by atoms with Crippen molar-refractivity contribution in [3.63, 3.8) is 0 Å². The zero-order chi connectivity index (χ0) is 21.1. The minimum atomic E-state index is -0.801. The van der Waals surface area contributed by atoms with Crippen LogP contribution in [0, 0.1) is 24.2 Å². The summed E-state index contributed by atoms with van der Waals surface area (Å²) in [5, 5.41) is 21.7. The Kier molecular flexibility index (Phi) is 5.55. The maximum absolute atomic E-state index is 12.5. The van der Waals surface area contributed by atoms with Crippen LogP contribution in [0.3, 0.4) is 0 Å². The van der Waals surface area contributed by atoms with Crippen LogP contribution in [-0.2, 0) is 4.79 Å². The van der Waals surface area contributed by atoms with Crippen LogP contribution in [-0.4, -0.2) is 36.9 Å². The molecule has 1 fully saturated rings. The standard InChI is InChI=1S/C22H22N6OS/c1-15-3-7-18(8-4-15)28-20(16-9-11-24-12-10-16)26-27-21(28)30-13-19(29)25-22(2,14-23)17-5-6-17/h3-4,7-12,17H,5-6,13H2,1-2H3,(H,25,29). The molecule has 1 aromatic carbocycles. The Morgan fingerprint density at radius 3 is 2.57 bits per heavy atom. The Balaban J connectivity index is 1.59. The quantitative estimate of drug-likeness (QED) is 0.590. The highest BCUT2D eigenvalue weighted by Crippen LogP contribution is 2.39. The fraction of sp³-hybridized carbons (Fsp3) is 0.318. The fourth-order valence-corrected chi connectivity index (χ4v) is 4.07. The third kappa shape index (κ3) is 4.21. The molecule has 1 aliphatic carbocycles. The van der Waals surface area contributed by atoms with Gasteiger partial charge in [0.25, 0.3) is 0 Å². The number of nitriles is 1. The maximum atomic E-state index is 12.5. The summed E-state index contributed by atoms with van der Waals surface area (Å²) in [7, 11) is 0. The van der Waals surface area contributed by atoms with Gasteiger partial charge in [0.05, 0.1) is 11.8 Å². The van der Waals surface area contributed by atoms with E-state index in [1.165, 1.54) is 11.8 Å². The largest absolute Gasteiger partial charge is 0.337 e.